The van der Waals surface area contributed by atoms with E-state index in [1.165, 1.54) is 25.4 Å². The Hall–Kier alpha value is -2.11. The molecule has 0 saturated carbocycles. The van der Waals surface area contributed by atoms with Crippen LogP contribution in [0.3, 0.4) is 0 Å². The van der Waals surface area contributed by atoms with Crippen LogP contribution in [0.25, 0.3) is 0 Å². The second-order valence-electron chi connectivity index (χ2n) is 2.83. The van der Waals surface area contributed by atoms with Crippen LogP contribution in [0.2, 0.25) is 0 Å². The predicted octanol–water partition coefficient (Wildman–Crippen LogP) is -0.860. The summed E-state index contributed by atoms with van der Waals surface area (Å²) in [5, 5.41) is 4.84. The van der Waals surface area contributed by atoms with Crippen LogP contribution in [0.1, 0.15) is 10.4 Å². The highest BCUT2D eigenvalue weighted by molar-refractivity contribution is 5.96. The van der Waals surface area contributed by atoms with Crippen LogP contribution in [0, 0.1) is 0 Å². The summed E-state index contributed by atoms with van der Waals surface area (Å²) in [5.74, 6) is -0.347. The first kappa shape index (κ1) is 11.0. The number of amides is 2. The fourth-order valence-corrected chi connectivity index (χ4v) is 0.941. The Bertz CT molecular complexity index is 378. The molecule has 0 bridgehead atoms. The van der Waals surface area contributed by atoms with Crippen molar-refractivity contribution in [3.05, 3.63) is 23.9 Å². The third kappa shape index (κ3) is 3.26. The van der Waals surface area contributed by atoms with Crippen molar-refractivity contribution in [3.63, 3.8) is 0 Å². The number of nitrogens with one attached hydrogen (secondary N) is 2. The van der Waals surface area contributed by atoms with Gasteiger partial charge in [-0.05, 0) is 12.1 Å². The Morgan fingerprint density at radius 3 is 2.87 bits per heavy atom. The lowest BCUT2D eigenvalue weighted by molar-refractivity contribution is -0.119. The number of carbonyl (C=O) groups excluding carboxylic acids is 2. The smallest absolute Gasteiger partial charge is 0.251 e. The molecule has 0 radical (unpaired) electrons. The van der Waals surface area contributed by atoms with Gasteiger partial charge in [0.1, 0.15) is 5.82 Å². The van der Waals surface area contributed by atoms with E-state index in [2.05, 4.69) is 15.6 Å². The lowest BCUT2D eigenvalue weighted by Gasteiger charge is -2.04. The zero-order chi connectivity index (χ0) is 11.3. The summed E-state index contributed by atoms with van der Waals surface area (Å²) < 4.78 is 0. The van der Waals surface area contributed by atoms with Crippen molar-refractivity contribution in [3.8, 4) is 0 Å². The molecular formula is C9H12N4O2. The topological polar surface area (TPSA) is 97.1 Å². The fraction of sp³-hybridized carbons (Fsp3) is 0.222. The van der Waals surface area contributed by atoms with Crippen LogP contribution >= 0.6 is 0 Å². The highest BCUT2D eigenvalue weighted by atomic mass is 16.2. The largest absolute Gasteiger partial charge is 0.384 e. The van der Waals surface area contributed by atoms with Gasteiger partial charge in [0.05, 0.1) is 6.54 Å². The van der Waals surface area contributed by atoms with Crippen molar-refractivity contribution in [1.29, 1.82) is 0 Å². The van der Waals surface area contributed by atoms with Gasteiger partial charge in [0.25, 0.3) is 5.91 Å². The van der Waals surface area contributed by atoms with Crippen molar-refractivity contribution >= 4 is 17.6 Å². The van der Waals surface area contributed by atoms with Crippen LogP contribution in [-0.2, 0) is 4.79 Å². The van der Waals surface area contributed by atoms with Gasteiger partial charge in [0.2, 0.25) is 5.91 Å². The van der Waals surface area contributed by atoms with Crippen molar-refractivity contribution in [2.75, 3.05) is 19.3 Å². The molecule has 0 fully saturated rings. The third-order valence-corrected chi connectivity index (χ3v) is 1.73. The van der Waals surface area contributed by atoms with Gasteiger partial charge in [0.15, 0.2) is 0 Å². The number of anilines is 1. The highest BCUT2D eigenvalue weighted by Gasteiger charge is 2.06. The summed E-state index contributed by atoms with van der Waals surface area (Å²) in [6, 6.07) is 2.97. The molecule has 1 rings (SSSR count). The molecule has 0 aliphatic heterocycles. The molecule has 0 unspecified atom stereocenters. The van der Waals surface area contributed by atoms with E-state index in [0.717, 1.165) is 0 Å². The number of pyridine rings is 1. The minimum atomic E-state index is -0.354. The second-order valence-corrected chi connectivity index (χ2v) is 2.83. The molecule has 0 aromatic carbocycles. The van der Waals surface area contributed by atoms with Gasteiger partial charge in [0, 0.05) is 18.8 Å². The molecule has 6 nitrogen and oxygen atoms in total. The molecule has 80 valence electrons. The number of hydrogen-bond acceptors (Lipinski definition) is 4. The lowest BCUT2D eigenvalue weighted by Crippen LogP contribution is -2.35. The molecule has 1 aromatic heterocycles. The van der Waals surface area contributed by atoms with E-state index in [1.807, 2.05) is 0 Å². The first-order valence-electron chi connectivity index (χ1n) is 4.34. The van der Waals surface area contributed by atoms with Gasteiger partial charge < -0.3 is 16.4 Å². The number of nitrogens with zero attached hydrogens (tertiary/aromatic N) is 1. The lowest BCUT2D eigenvalue weighted by atomic mass is 10.2. The molecular weight excluding hydrogens is 196 g/mol. The van der Waals surface area contributed by atoms with Crippen LogP contribution < -0.4 is 16.4 Å². The molecule has 6 heteroatoms. The van der Waals surface area contributed by atoms with Crippen LogP contribution in [0.15, 0.2) is 18.3 Å². The Morgan fingerprint density at radius 2 is 2.27 bits per heavy atom. The van der Waals surface area contributed by atoms with Crippen molar-refractivity contribution in [2.45, 2.75) is 0 Å². The van der Waals surface area contributed by atoms with E-state index >= 15 is 0 Å². The summed E-state index contributed by atoms with van der Waals surface area (Å²) in [7, 11) is 1.50. The number of aromatic nitrogens is 1. The molecule has 0 aliphatic carbocycles. The average Bonchev–Trinajstić information content (AvgIpc) is 2.25. The van der Waals surface area contributed by atoms with Crippen molar-refractivity contribution < 1.29 is 9.59 Å². The third-order valence-electron chi connectivity index (χ3n) is 1.73. The zero-order valence-electron chi connectivity index (χ0n) is 8.28. The standard InChI is InChI=1S/C9H12N4O2/c1-11-8(14)5-13-9(15)6-2-3-12-7(10)4-6/h2-4H,5H2,1H3,(H2,10,12)(H,11,14)(H,13,15). The molecule has 0 aliphatic rings. The van der Waals surface area contributed by atoms with Crippen molar-refractivity contribution in [1.82, 2.24) is 15.6 Å². The Kier molecular flexibility index (Phi) is 3.61. The predicted molar refractivity (Wildman–Crippen MR) is 55.0 cm³/mol. The molecule has 15 heavy (non-hydrogen) atoms. The molecule has 0 atom stereocenters. The van der Waals surface area contributed by atoms with Gasteiger partial charge in [-0.15, -0.1) is 0 Å². The van der Waals surface area contributed by atoms with Crippen molar-refractivity contribution in [2.24, 2.45) is 0 Å². The van der Waals surface area contributed by atoms with E-state index in [1.54, 1.807) is 0 Å². The molecule has 1 aromatic rings. The first-order chi connectivity index (χ1) is 7.13. The summed E-state index contributed by atoms with van der Waals surface area (Å²) in [4.78, 5) is 26.0. The highest BCUT2D eigenvalue weighted by Crippen LogP contribution is 2.01. The maximum Gasteiger partial charge on any atom is 0.251 e. The quantitative estimate of drug-likeness (QED) is 0.602. The maximum absolute atomic E-state index is 11.4. The van der Waals surface area contributed by atoms with Crippen LogP contribution in [0.5, 0.6) is 0 Å². The van der Waals surface area contributed by atoms with Crippen LogP contribution in [-0.4, -0.2) is 30.4 Å². The zero-order valence-corrected chi connectivity index (χ0v) is 8.28. The van der Waals surface area contributed by atoms with E-state index in [-0.39, 0.29) is 24.2 Å². The van der Waals surface area contributed by atoms with Gasteiger partial charge in [-0.3, -0.25) is 9.59 Å². The maximum atomic E-state index is 11.4. The number of likely N-dealkylation sites (N-methyl/N-ethyl adjacent to an activating group) is 1. The van der Waals surface area contributed by atoms with Gasteiger partial charge in [-0.2, -0.15) is 0 Å². The van der Waals surface area contributed by atoms with E-state index < -0.39 is 0 Å². The first-order valence-corrected chi connectivity index (χ1v) is 4.34. The summed E-state index contributed by atoms with van der Waals surface area (Å²) >= 11 is 0. The van der Waals surface area contributed by atoms with E-state index in [4.69, 9.17) is 5.73 Å². The monoisotopic (exact) mass is 208 g/mol. The SMILES string of the molecule is CNC(=O)CNC(=O)c1ccnc(N)c1. The second kappa shape index (κ2) is 4.94. The normalized spacial score (nSPS) is 9.40. The molecule has 2 amide bonds. The average molecular weight is 208 g/mol. The minimum absolute atomic E-state index is 0.0580. The molecule has 4 N–H and O–H groups in total. The number of carbonyl (C=O) groups is 2. The fourth-order valence-electron chi connectivity index (χ4n) is 0.941. The minimum Gasteiger partial charge on any atom is -0.384 e. The van der Waals surface area contributed by atoms with Crippen LogP contribution in [0.4, 0.5) is 5.82 Å². The summed E-state index contributed by atoms with van der Waals surface area (Å²) in [6.07, 6.45) is 1.43. The summed E-state index contributed by atoms with van der Waals surface area (Å²) in [5.41, 5.74) is 5.79. The van der Waals surface area contributed by atoms with Gasteiger partial charge in [-0.1, -0.05) is 0 Å². The van der Waals surface area contributed by atoms with Gasteiger partial charge >= 0.3 is 0 Å². The number of nitrogen functional groups attached to an aromatic ring is 1. The summed E-state index contributed by atoms with van der Waals surface area (Å²) in [6.45, 7) is -0.0580. The number of nitrogens with two attached hydrogens (primary N) is 1. The van der Waals surface area contributed by atoms with E-state index in [9.17, 15) is 9.59 Å². The Balaban J connectivity index is 2.58. The van der Waals surface area contributed by atoms with E-state index in [0.29, 0.717) is 5.56 Å². The molecule has 0 spiro atoms. The Labute approximate surface area is 86.9 Å². The van der Waals surface area contributed by atoms with Gasteiger partial charge in [-0.25, -0.2) is 4.98 Å². The Morgan fingerprint density at radius 1 is 1.53 bits per heavy atom. The number of hydrogen-bond donors (Lipinski definition) is 3. The molecule has 1 heterocycles. The molecule has 0 saturated heterocycles. The number of rotatable bonds is 3.